The molecule has 0 unspecified atom stereocenters. The Morgan fingerprint density at radius 2 is 1.72 bits per heavy atom. The second-order valence-corrected chi connectivity index (χ2v) is 10.5. The molecule has 1 aliphatic heterocycles. The topological polar surface area (TPSA) is 89.8 Å². The fourth-order valence-corrected chi connectivity index (χ4v) is 5.31. The van der Waals surface area contributed by atoms with Crippen LogP contribution >= 0.6 is 23.5 Å². The molecule has 1 aliphatic rings. The van der Waals surface area contributed by atoms with Gasteiger partial charge in [0.2, 0.25) is 0 Å². The van der Waals surface area contributed by atoms with Crippen LogP contribution < -0.4 is 4.74 Å². The number of aryl methyl sites for hydroxylation is 3. The highest BCUT2D eigenvalue weighted by Crippen LogP contribution is 2.37. The molecular weight excluding hydrogens is 496 g/mol. The van der Waals surface area contributed by atoms with E-state index in [4.69, 9.17) is 4.74 Å². The minimum Gasteiger partial charge on any atom is -0.491 e. The van der Waals surface area contributed by atoms with Crippen LogP contribution in [0.5, 0.6) is 5.75 Å². The first-order valence-corrected chi connectivity index (χ1v) is 12.8. The molecule has 1 heterocycles. The molecule has 4 rings (SSSR count). The fraction of sp³-hybridized carbons (Fsp3) is 0.185. The van der Waals surface area contributed by atoms with Crippen molar-refractivity contribution >= 4 is 46.4 Å². The summed E-state index contributed by atoms with van der Waals surface area (Å²) in [5, 5.41) is 11.3. The van der Waals surface area contributed by atoms with Gasteiger partial charge in [-0.25, -0.2) is 0 Å². The molecule has 36 heavy (non-hydrogen) atoms. The van der Waals surface area contributed by atoms with Gasteiger partial charge in [-0.3, -0.25) is 24.6 Å². The van der Waals surface area contributed by atoms with Crippen molar-refractivity contribution in [3.63, 3.8) is 0 Å². The van der Waals surface area contributed by atoms with Crippen LogP contribution in [0.4, 0.5) is 10.5 Å². The summed E-state index contributed by atoms with van der Waals surface area (Å²) in [6.45, 7) is 6.16. The summed E-state index contributed by atoms with van der Waals surface area (Å²) in [6.07, 6.45) is 1.52. The fourth-order valence-electron chi connectivity index (χ4n) is 3.54. The minimum atomic E-state index is -0.440. The Labute approximate surface area is 217 Å². The van der Waals surface area contributed by atoms with Gasteiger partial charge in [-0.05, 0) is 79.6 Å². The number of hydrogen-bond acceptors (Lipinski definition) is 7. The summed E-state index contributed by atoms with van der Waals surface area (Å²) in [4.78, 5) is 39.4. The zero-order valence-electron chi connectivity index (χ0n) is 20.0. The van der Waals surface area contributed by atoms with Crippen molar-refractivity contribution < 1.29 is 19.2 Å². The Hall–Kier alpha value is -3.56. The first-order chi connectivity index (χ1) is 17.2. The predicted octanol–water partition coefficient (Wildman–Crippen LogP) is 6.79. The number of carbonyl (C=O) groups is 2. The molecule has 0 bridgehead atoms. The summed E-state index contributed by atoms with van der Waals surface area (Å²) in [6, 6.07) is 18.4. The molecule has 1 fully saturated rings. The minimum absolute atomic E-state index is 0.0597. The maximum absolute atomic E-state index is 12.9. The summed E-state index contributed by atoms with van der Waals surface area (Å²) < 4.78 is 5.79. The Morgan fingerprint density at radius 3 is 2.44 bits per heavy atom. The van der Waals surface area contributed by atoms with E-state index in [1.54, 1.807) is 12.1 Å². The molecule has 2 amide bonds. The second kappa shape index (κ2) is 11.0. The van der Waals surface area contributed by atoms with Crippen LogP contribution in [-0.4, -0.2) is 34.1 Å². The maximum atomic E-state index is 12.9. The van der Waals surface area contributed by atoms with Gasteiger partial charge < -0.3 is 4.74 Å². The molecule has 0 N–H and O–H groups in total. The lowest BCUT2D eigenvalue weighted by atomic mass is 10.1. The Morgan fingerprint density at radius 1 is 1.00 bits per heavy atom. The SMILES string of the molecule is Cc1ccc(Sc2ccc(/C=C3\SC(=O)N(CCOc4cc(C)ccc4C)C3=O)cc2[N+](=O)[O-])cc1. The first kappa shape index (κ1) is 25.5. The predicted molar refractivity (Wildman–Crippen MR) is 142 cm³/mol. The van der Waals surface area contributed by atoms with Gasteiger partial charge in [0.1, 0.15) is 12.4 Å². The zero-order valence-corrected chi connectivity index (χ0v) is 21.7. The third kappa shape index (κ3) is 5.98. The Kier molecular flexibility index (Phi) is 7.81. The third-order valence-corrected chi connectivity index (χ3v) is 7.50. The number of carbonyl (C=O) groups excluding carboxylic acids is 2. The second-order valence-electron chi connectivity index (χ2n) is 8.35. The molecule has 3 aromatic carbocycles. The van der Waals surface area contributed by atoms with E-state index >= 15 is 0 Å². The van der Waals surface area contributed by atoms with Gasteiger partial charge in [0.15, 0.2) is 0 Å². The van der Waals surface area contributed by atoms with Crippen LogP contribution in [0.25, 0.3) is 6.08 Å². The van der Waals surface area contributed by atoms with Gasteiger partial charge >= 0.3 is 0 Å². The average Bonchev–Trinajstić information content (AvgIpc) is 3.10. The first-order valence-electron chi connectivity index (χ1n) is 11.2. The summed E-state index contributed by atoms with van der Waals surface area (Å²) in [5.74, 6) is 0.281. The quantitative estimate of drug-likeness (QED) is 0.184. The number of benzene rings is 3. The van der Waals surface area contributed by atoms with Crippen LogP contribution in [0.2, 0.25) is 0 Å². The number of amides is 2. The van der Waals surface area contributed by atoms with E-state index in [1.807, 2.05) is 63.2 Å². The molecule has 0 aromatic heterocycles. The summed E-state index contributed by atoms with van der Waals surface area (Å²) >= 11 is 2.12. The van der Waals surface area contributed by atoms with Crippen molar-refractivity contribution in [1.82, 2.24) is 4.90 Å². The lowest BCUT2D eigenvalue weighted by Crippen LogP contribution is -2.32. The summed E-state index contributed by atoms with van der Waals surface area (Å²) in [5.41, 5.74) is 3.56. The number of nitro groups is 1. The van der Waals surface area contributed by atoms with Gasteiger partial charge in [0, 0.05) is 11.0 Å². The van der Waals surface area contributed by atoms with E-state index in [0.29, 0.717) is 16.2 Å². The van der Waals surface area contributed by atoms with Crippen molar-refractivity contribution in [1.29, 1.82) is 0 Å². The number of imide groups is 1. The van der Waals surface area contributed by atoms with Gasteiger partial charge in [-0.1, -0.05) is 47.7 Å². The number of ether oxygens (including phenoxy) is 1. The van der Waals surface area contributed by atoms with Crippen LogP contribution in [-0.2, 0) is 4.79 Å². The van der Waals surface area contributed by atoms with Gasteiger partial charge in [0.05, 0.1) is 21.3 Å². The monoisotopic (exact) mass is 520 g/mol. The highest BCUT2D eigenvalue weighted by molar-refractivity contribution is 8.18. The normalized spacial score (nSPS) is 14.5. The molecule has 3 aromatic rings. The smallest absolute Gasteiger partial charge is 0.293 e. The average molecular weight is 521 g/mol. The molecule has 0 radical (unpaired) electrons. The van der Waals surface area contributed by atoms with E-state index in [0.717, 1.165) is 38.2 Å². The molecule has 0 saturated carbocycles. The Bertz CT molecular complexity index is 1370. The maximum Gasteiger partial charge on any atom is 0.293 e. The standard InChI is InChI=1S/C27H24N2O5S2/c1-17-5-9-21(10-6-17)35-24-11-8-20(15-22(24)29(32)33)16-25-26(30)28(27(31)36-25)12-13-34-23-14-18(2)4-7-19(23)3/h4-11,14-16H,12-13H2,1-3H3/b25-16-. The summed E-state index contributed by atoms with van der Waals surface area (Å²) in [7, 11) is 0. The molecular formula is C27H24N2O5S2. The van der Waals surface area contributed by atoms with Crippen molar-refractivity contribution in [2.75, 3.05) is 13.2 Å². The largest absolute Gasteiger partial charge is 0.491 e. The lowest BCUT2D eigenvalue weighted by molar-refractivity contribution is -0.387. The number of thioether (sulfide) groups is 1. The van der Waals surface area contributed by atoms with Gasteiger partial charge in [-0.2, -0.15) is 0 Å². The molecule has 184 valence electrons. The van der Waals surface area contributed by atoms with Crippen LogP contribution in [0.3, 0.4) is 0 Å². The van der Waals surface area contributed by atoms with Crippen molar-refractivity contribution in [2.45, 2.75) is 30.6 Å². The van der Waals surface area contributed by atoms with E-state index < -0.39 is 16.1 Å². The van der Waals surface area contributed by atoms with E-state index in [-0.39, 0.29) is 23.7 Å². The highest BCUT2D eigenvalue weighted by atomic mass is 32.2. The third-order valence-electron chi connectivity index (χ3n) is 5.52. The lowest BCUT2D eigenvalue weighted by Gasteiger charge is -2.14. The molecule has 0 atom stereocenters. The van der Waals surface area contributed by atoms with Crippen molar-refractivity contribution in [2.24, 2.45) is 0 Å². The van der Waals surface area contributed by atoms with Crippen LogP contribution in [0.15, 0.2) is 75.4 Å². The van der Waals surface area contributed by atoms with Crippen molar-refractivity contribution in [3.05, 3.63) is 97.9 Å². The highest BCUT2D eigenvalue weighted by Gasteiger charge is 2.35. The van der Waals surface area contributed by atoms with Crippen LogP contribution in [0.1, 0.15) is 22.3 Å². The molecule has 9 heteroatoms. The van der Waals surface area contributed by atoms with E-state index in [1.165, 1.54) is 23.9 Å². The molecule has 1 saturated heterocycles. The molecule has 0 aliphatic carbocycles. The van der Waals surface area contributed by atoms with Gasteiger partial charge in [0.25, 0.3) is 16.8 Å². The number of nitro benzene ring substituents is 1. The van der Waals surface area contributed by atoms with Crippen LogP contribution in [0, 0.1) is 30.9 Å². The van der Waals surface area contributed by atoms with E-state index in [2.05, 4.69) is 0 Å². The molecule has 0 spiro atoms. The van der Waals surface area contributed by atoms with E-state index in [9.17, 15) is 19.7 Å². The number of nitrogens with zero attached hydrogens (tertiary/aromatic N) is 2. The van der Waals surface area contributed by atoms with Gasteiger partial charge in [-0.15, -0.1) is 0 Å². The van der Waals surface area contributed by atoms with Crippen molar-refractivity contribution in [3.8, 4) is 5.75 Å². The number of hydrogen-bond donors (Lipinski definition) is 0. The molecule has 7 nitrogen and oxygen atoms in total. The Balaban J connectivity index is 1.47. The number of rotatable bonds is 8. The zero-order chi connectivity index (χ0) is 25.8.